The highest BCUT2D eigenvalue weighted by atomic mass is 32.2. The normalized spacial score (nSPS) is 13.9. The van der Waals surface area contributed by atoms with Gasteiger partial charge in [-0.1, -0.05) is 19.4 Å². The quantitative estimate of drug-likeness (QED) is 0.213. The van der Waals surface area contributed by atoms with Crippen molar-refractivity contribution in [2.24, 2.45) is 5.92 Å². The fourth-order valence-electron chi connectivity index (χ4n) is 3.61. The zero-order chi connectivity index (χ0) is 23.4. The number of hydrogen-bond acceptors (Lipinski definition) is 6. The largest absolute Gasteiger partial charge is 0.384 e. The topological polar surface area (TPSA) is 136 Å². The molecule has 2 aromatic carbocycles. The summed E-state index contributed by atoms with van der Waals surface area (Å²) in [7, 11) is -4.43. The molecule has 1 fully saturated rings. The van der Waals surface area contributed by atoms with Crippen molar-refractivity contribution >= 4 is 38.7 Å². The summed E-state index contributed by atoms with van der Waals surface area (Å²) >= 11 is 0. The number of carbonyl (C=O) groups is 1. The lowest BCUT2D eigenvalue weighted by Gasteiger charge is -2.12. The Morgan fingerprint density at radius 2 is 1.97 bits per heavy atom. The second-order valence-electron chi connectivity index (χ2n) is 8.30. The van der Waals surface area contributed by atoms with Crippen molar-refractivity contribution in [1.29, 1.82) is 0 Å². The standard InChI is InChI=1S/C23H29N5O4S/c1-2-3-10-24-11-12-25-17-7-9-21(33(30,31)32)18(14-17)16-6-8-19-20(13-16)27-23(26-19)28-22(29)15-4-5-15/h6-9,13-15,24-25H,2-5,10-12H2,1H3,(H,30,31,32)(H2,26,27,28,29). The number of nitrogens with one attached hydrogen (secondary N) is 4. The van der Waals surface area contributed by atoms with Gasteiger partial charge in [0.25, 0.3) is 10.1 Å². The molecule has 10 heteroatoms. The Morgan fingerprint density at radius 3 is 2.70 bits per heavy atom. The number of unbranched alkanes of at least 4 members (excludes halogenated alkanes) is 1. The van der Waals surface area contributed by atoms with Crippen molar-refractivity contribution in [3.8, 4) is 11.1 Å². The van der Waals surface area contributed by atoms with Crippen molar-refractivity contribution in [3.05, 3.63) is 36.4 Å². The number of amides is 1. The molecule has 1 amide bonds. The van der Waals surface area contributed by atoms with Crippen LogP contribution in [0, 0.1) is 5.92 Å². The highest BCUT2D eigenvalue weighted by molar-refractivity contribution is 7.86. The molecule has 1 aliphatic rings. The molecule has 0 saturated heterocycles. The predicted octanol–water partition coefficient (Wildman–Crippen LogP) is 3.63. The number of carbonyl (C=O) groups excluding carboxylic acids is 1. The molecule has 0 radical (unpaired) electrons. The van der Waals surface area contributed by atoms with Gasteiger partial charge in [0.1, 0.15) is 4.90 Å². The number of H-pyrrole nitrogens is 1. The molecule has 1 aromatic heterocycles. The van der Waals surface area contributed by atoms with Crippen LogP contribution in [0.3, 0.4) is 0 Å². The van der Waals surface area contributed by atoms with Crippen LogP contribution in [0.25, 0.3) is 22.2 Å². The van der Waals surface area contributed by atoms with E-state index in [1.54, 1.807) is 30.3 Å². The fourth-order valence-corrected chi connectivity index (χ4v) is 4.30. The molecule has 0 atom stereocenters. The molecule has 1 heterocycles. The molecule has 0 unspecified atom stereocenters. The van der Waals surface area contributed by atoms with Gasteiger partial charge in [0.05, 0.1) is 11.0 Å². The Kier molecular flexibility index (Phi) is 6.96. The average Bonchev–Trinajstić information content (AvgIpc) is 3.55. The van der Waals surface area contributed by atoms with Crippen LogP contribution in [0.5, 0.6) is 0 Å². The average molecular weight is 472 g/mol. The zero-order valence-electron chi connectivity index (χ0n) is 18.5. The maximum atomic E-state index is 12.0. The maximum Gasteiger partial charge on any atom is 0.295 e. The summed E-state index contributed by atoms with van der Waals surface area (Å²) in [4.78, 5) is 19.3. The number of nitrogens with zero attached hydrogens (tertiary/aromatic N) is 1. The number of anilines is 2. The number of fused-ring (bicyclic) bond motifs is 1. The van der Waals surface area contributed by atoms with Crippen LogP contribution >= 0.6 is 0 Å². The van der Waals surface area contributed by atoms with Crippen LogP contribution in [-0.2, 0) is 14.9 Å². The van der Waals surface area contributed by atoms with Gasteiger partial charge >= 0.3 is 0 Å². The van der Waals surface area contributed by atoms with E-state index in [2.05, 4.69) is 32.8 Å². The number of rotatable bonds is 11. The van der Waals surface area contributed by atoms with Crippen LogP contribution in [0.15, 0.2) is 41.3 Å². The van der Waals surface area contributed by atoms with Gasteiger partial charge in [0, 0.05) is 30.3 Å². The number of aromatic nitrogens is 2. The summed E-state index contributed by atoms with van der Waals surface area (Å²) < 4.78 is 33.8. The van der Waals surface area contributed by atoms with E-state index >= 15 is 0 Å². The minimum atomic E-state index is -4.43. The summed E-state index contributed by atoms with van der Waals surface area (Å²) in [6.07, 6.45) is 4.05. The molecule has 1 aliphatic carbocycles. The molecule has 5 N–H and O–H groups in total. The van der Waals surface area contributed by atoms with Crippen molar-refractivity contribution < 1.29 is 17.8 Å². The van der Waals surface area contributed by atoms with Gasteiger partial charge in [-0.25, -0.2) is 4.98 Å². The maximum absolute atomic E-state index is 12.0. The molecule has 9 nitrogen and oxygen atoms in total. The molecule has 1 saturated carbocycles. The van der Waals surface area contributed by atoms with E-state index in [9.17, 15) is 17.8 Å². The Hall–Kier alpha value is -2.95. The van der Waals surface area contributed by atoms with Crippen molar-refractivity contribution in [2.45, 2.75) is 37.5 Å². The number of aromatic amines is 1. The highest BCUT2D eigenvalue weighted by Gasteiger charge is 2.30. The summed E-state index contributed by atoms with van der Waals surface area (Å²) in [5.74, 6) is 0.370. The number of hydrogen-bond donors (Lipinski definition) is 5. The van der Waals surface area contributed by atoms with Crippen molar-refractivity contribution in [3.63, 3.8) is 0 Å². The Morgan fingerprint density at radius 1 is 1.15 bits per heavy atom. The second kappa shape index (κ2) is 9.90. The van der Waals surface area contributed by atoms with E-state index in [0.717, 1.165) is 44.5 Å². The molecule has 3 aromatic rings. The molecule has 176 valence electrons. The molecule has 4 rings (SSSR count). The van der Waals surface area contributed by atoms with Crippen LogP contribution in [0.2, 0.25) is 0 Å². The van der Waals surface area contributed by atoms with Gasteiger partial charge in [-0.2, -0.15) is 8.42 Å². The summed E-state index contributed by atoms with van der Waals surface area (Å²) in [5.41, 5.74) is 3.00. The first-order valence-electron chi connectivity index (χ1n) is 11.2. The molecule has 0 aliphatic heterocycles. The van der Waals surface area contributed by atoms with Gasteiger partial charge < -0.3 is 15.6 Å². The zero-order valence-corrected chi connectivity index (χ0v) is 19.3. The van der Waals surface area contributed by atoms with E-state index in [0.29, 0.717) is 34.7 Å². The summed E-state index contributed by atoms with van der Waals surface area (Å²) in [5, 5.41) is 9.41. The third-order valence-corrected chi connectivity index (χ3v) is 6.49. The third kappa shape index (κ3) is 5.89. The van der Waals surface area contributed by atoms with Crippen LogP contribution in [0.4, 0.5) is 11.6 Å². The predicted molar refractivity (Wildman–Crippen MR) is 129 cm³/mol. The van der Waals surface area contributed by atoms with Crippen molar-refractivity contribution in [1.82, 2.24) is 15.3 Å². The Balaban J connectivity index is 1.57. The Bertz CT molecular complexity index is 1250. The fraction of sp³-hybridized carbons (Fsp3) is 0.391. The van der Waals surface area contributed by atoms with E-state index in [4.69, 9.17) is 0 Å². The SMILES string of the molecule is CCCCNCCNc1ccc(S(=O)(=O)O)c(-c2ccc3[nH]c(NC(=O)C4CC4)nc3c2)c1. The lowest BCUT2D eigenvalue weighted by atomic mass is 10.0. The van der Waals surface area contributed by atoms with Crippen LogP contribution < -0.4 is 16.0 Å². The van der Waals surface area contributed by atoms with E-state index < -0.39 is 10.1 Å². The van der Waals surface area contributed by atoms with E-state index in [1.165, 1.54) is 6.07 Å². The number of benzene rings is 2. The summed E-state index contributed by atoms with van der Waals surface area (Å²) in [6.45, 7) is 4.56. The molecule has 33 heavy (non-hydrogen) atoms. The van der Waals surface area contributed by atoms with Gasteiger partial charge in [-0.15, -0.1) is 0 Å². The minimum Gasteiger partial charge on any atom is -0.384 e. The minimum absolute atomic E-state index is 0.0501. The third-order valence-electron chi connectivity index (χ3n) is 5.58. The highest BCUT2D eigenvalue weighted by Crippen LogP contribution is 2.33. The lowest BCUT2D eigenvalue weighted by molar-refractivity contribution is -0.117. The van der Waals surface area contributed by atoms with Gasteiger partial charge in [0.2, 0.25) is 11.9 Å². The molecular weight excluding hydrogens is 442 g/mol. The first kappa shape index (κ1) is 23.2. The monoisotopic (exact) mass is 471 g/mol. The molecule has 0 bridgehead atoms. The van der Waals surface area contributed by atoms with E-state index in [1.807, 2.05) is 0 Å². The summed E-state index contributed by atoms with van der Waals surface area (Å²) in [6, 6.07) is 10.0. The first-order chi connectivity index (χ1) is 15.8. The van der Waals surface area contributed by atoms with Gasteiger partial charge in [-0.3, -0.25) is 14.7 Å². The first-order valence-corrected chi connectivity index (χ1v) is 12.7. The Labute approximate surface area is 193 Å². The van der Waals surface area contributed by atoms with Gasteiger partial charge in [0.15, 0.2) is 0 Å². The molecular formula is C23H29N5O4S. The molecule has 0 spiro atoms. The van der Waals surface area contributed by atoms with Gasteiger partial charge in [-0.05, 0) is 61.7 Å². The number of imidazole rings is 1. The van der Waals surface area contributed by atoms with Crippen LogP contribution in [-0.4, -0.2) is 48.5 Å². The van der Waals surface area contributed by atoms with Crippen molar-refractivity contribution in [2.75, 3.05) is 30.3 Å². The van der Waals surface area contributed by atoms with E-state index in [-0.39, 0.29) is 16.7 Å². The second-order valence-corrected chi connectivity index (χ2v) is 9.69. The lowest BCUT2D eigenvalue weighted by Crippen LogP contribution is -2.23. The van der Waals surface area contributed by atoms with Crippen LogP contribution in [0.1, 0.15) is 32.6 Å². The smallest absolute Gasteiger partial charge is 0.295 e.